The third-order valence-corrected chi connectivity index (χ3v) is 2.33. The summed E-state index contributed by atoms with van der Waals surface area (Å²) in [5, 5.41) is 10.4. The molecule has 74 valence electrons. The van der Waals surface area contributed by atoms with E-state index >= 15 is 0 Å². The monoisotopic (exact) mass is 197 g/mol. The van der Waals surface area contributed by atoms with Gasteiger partial charge in [0.25, 0.3) is 0 Å². The Hall–Kier alpha value is -1.49. The van der Waals surface area contributed by atoms with Crippen LogP contribution in [-0.2, 0) is 10.3 Å². The van der Waals surface area contributed by atoms with Crippen molar-refractivity contribution in [2.75, 3.05) is 6.61 Å². The van der Waals surface area contributed by atoms with Gasteiger partial charge in [0.2, 0.25) is 5.82 Å². The maximum Gasteiger partial charge on any atom is 0.305 e. The van der Waals surface area contributed by atoms with Gasteiger partial charge in [0.15, 0.2) is 0 Å². The molecule has 0 aromatic heterocycles. The summed E-state index contributed by atoms with van der Waals surface area (Å²) in [5.41, 5.74) is -0.317. The Bertz CT molecular complexity index is 401. The number of nitrogens with zero attached hydrogens (tertiary/aromatic N) is 1. The number of nitro benzene ring substituents is 1. The van der Waals surface area contributed by atoms with E-state index in [1.54, 1.807) is 0 Å². The lowest BCUT2D eigenvalue weighted by atomic mass is 10.0. The van der Waals surface area contributed by atoms with Crippen LogP contribution >= 0.6 is 0 Å². The molecule has 1 aromatic rings. The topological polar surface area (TPSA) is 55.7 Å². The molecule has 4 nitrogen and oxygen atoms in total. The van der Waals surface area contributed by atoms with Gasteiger partial charge in [-0.25, -0.2) is 0 Å². The van der Waals surface area contributed by atoms with Crippen LogP contribution in [0.3, 0.4) is 0 Å². The van der Waals surface area contributed by atoms with Crippen LogP contribution in [0, 0.1) is 15.9 Å². The van der Waals surface area contributed by atoms with Crippen LogP contribution in [0.5, 0.6) is 0 Å². The number of halogens is 1. The molecule has 1 atom stereocenters. The second kappa shape index (κ2) is 2.75. The number of hydrogen-bond acceptors (Lipinski definition) is 3. The van der Waals surface area contributed by atoms with Gasteiger partial charge in [0.1, 0.15) is 5.60 Å². The van der Waals surface area contributed by atoms with E-state index in [2.05, 4.69) is 0 Å². The zero-order valence-corrected chi connectivity index (χ0v) is 7.49. The first-order chi connectivity index (χ1) is 6.53. The summed E-state index contributed by atoms with van der Waals surface area (Å²) in [7, 11) is 0. The molecule has 1 saturated heterocycles. The lowest BCUT2D eigenvalue weighted by Crippen LogP contribution is -2.03. The molecule has 0 radical (unpaired) electrons. The molecule has 0 spiro atoms. The molecule has 0 saturated carbocycles. The van der Waals surface area contributed by atoms with Gasteiger partial charge in [0.05, 0.1) is 11.5 Å². The first kappa shape index (κ1) is 9.08. The minimum absolute atomic E-state index is 0.460. The van der Waals surface area contributed by atoms with Gasteiger partial charge in [-0.15, -0.1) is 0 Å². The Morgan fingerprint density at radius 3 is 2.79 bits per heavy atom. The molecule has 5 heteroatoms. The highest BCUT2D eigenvalue weighted by molar-refractivity contribution is 5.39. The highest BCUT2D eigenvalue weighted by Crippen LogP contribution is 2.39. The minimum atomic E-state index is -0.817. The van der Waals surface area contributed by atoms with Crippen molar-refractivity contribution in [3.63, 3.8) is 0 Å². The average molecular weight is 197 g/mol. The van der Waals surface area contributed by atoms with E-state index in [-0.39, 0.29) is 0 Å². The largest absolute Gasteiger partial charge is 0.365 e. The molecule has 0 bridgehead atoms. The number of benzene rings is 1. The van der Waals surface area contributed by atoms with Crippen LogP contribution in [0.15, 0.2) is 18.2 Å². The van der Waals surface area contributed by atoms with Crippen molar-refractivity contribution in [1.82, 2.24) is 0 Å². The number of ether oxygens (including phenoxy) is 1. The molecule has 0 amide bonds. The van der Waals surface area contributed by atoms with Crippen molar-refractivity contribution in [3.05, 3.63) is 39.7 Å². The second-order valence-corrected chi connectivity index (χ2v) is 3.44. The Labute approximate surface area is 79.5 Å². The smallest absolute Gasteiger partial charge is 0.305 e. The molecule has 0 N–H and O–H groups in total. The third-order valence-electron chi connectivity index (χ3n) is 2.33. The standard InChI is InChI=1S/C9H8FNO3/c1-9(5-14-9)6-2-3-7(10)8(4-6)11(12)13/h2-4H,5H2,1H3. The molecule has 1 aromatic carbocycles. The fraction of sp³-hybridized carbons (Fsp3) is 0.333. The van der Waals surface area contributed by atoms with Crippen LogP contribution in [0.4, 0.5) is 10.1 Å². The summed E-state index contributed by atoms with van der Waals surface area (Å²) in [6.07, 6.45) is 0. The highest BCUT2D eigenvalue weighted by atomic mass is 19.1. The minimum Gasteiger partial charge on any atom is -0.365 e. The molecule has 1 heterocycles. The number of hydrogen-bond donors (Lipinski definition) is 0. The van der Waals surface area contributed by atoms with E-state index in [9.17, 15) is 14.5 Å². The maximum absolute atomic E-state index is 12.9. The van der Waals surface area contributed by atoms with Gasteiger partial charge >= 0.3 is 5.69 Å². The first-order valence-electron chi connectivity index (χ1n) is 4.11. The first-order valence-corrected chi connectivity index (χ1v) is 4.11. The van der Waals surface area contributed by atoms with Gasteiger partial charge < -0.3 is 4.74 Å². The van der Waals surface area contributed by atoms with Crippen molar-refractivity contribution >= 4 is 5.69 Å². The predicted octanol–water partition coefficient (Wildman–Crippen LogP) is 1.98. The summed E-state index contributed by atoms with van der Waals surface area (Å²) in [6.45, 7) is 2.33. The molecular weight excluding hydrogens is 189 g/mol. The van der Waals surface area contributed by atoms with Crippen molar-refractivity contribution in [1.29, 1.82) is 0 Å². The summed E-state index contributed by atoms with van der Waals surface area (Å²) in [5.74, 6) is -0.817. The van der Waals surface area contributed by atoms with Crippen LogP contribution in [-0.4, -0.2) is 11.5 Å². The maximum atomic E-state index is 12.9. The Morgan fingerprint density at radius 2 is 2.29 bits per heavy atom. The van der Waals surface area contributed by atoms with Crippen molar-refractivity contribution in [2.24, 2.45) is 0 Å². The number of epoxide rings is 1. The molecule has 1 aliphatic rings. The lowest BCUT2D eigenvalue weighted by Gasteiger charge is -2.04. The van der Waals surface area contributed by atoms with E-state index in [0.717, 1.165) is 6.07 Å². The fourth-order valence-electron chi connectivity index (χ4n) is 1.26. The van der Waals surface area contributed by atoms with E-state index in [0.29, 0.717) is 12.2 Å². The summed E-state index contributed by atoms with van der Waals surface area (Å²) < 4.78 is 18.1. The molecule has 14 heavy (non-hydrogen) atoms. The van der Waals surface area contributed by atoms with Crippen molar-refractivity contribution in [2.45, 2.75) is 12.5 Å². The number of rotatable bonds is 2. The summed E-state index contributed by atoms with van der Waals surface area (Å²) in [6, 6.07) is 3.83. The molecular formula is C9H8FNO3. The average Bonchev–Trinajstić information content (AvgIpc) is 2.85. The Morgan fingerprint density at radius 1 is 1.64 bits per heavy atom. The van der Waals surface area contributed by atoms with Crippen molar-refractivity contribution in [3.8, 4) is 0 Å². The van der Waals surface area contributed by atoms with Gasteiger partial charge in [-0.1, -0.05) is 6.07 Å². The van der Waals surface area contributed by atoms with Crippen LogP contribution in [0.1, 0.15) is 12.5 Å². The number of nitro groups is 1. The van der Waals surface area contributed by atoms with Crippen molar-refractivity contribution < 1.29 is 14.1 Å². The van der Waals surface area contributed by atoms with E-state index in [1.807, 2.05) is 6.92 Å². The highest BCUT2D eigenvalue weighted by Gasteiger charge is 2.42. The van der Waals surface area contributed by atoms with Crippen LogP contribution in [0.2, 0.25) is 0 Å². The summed E-state index contributed by atoms with van der Waals surface area (Å²) >= 11 is 0. The summed E-state index contributed by atoms with van der Waals surface area (Å²) in [4.78, 5) is 9.71. The molecule has 1 unspecified atom stereocenters. The Balaban J connectivity index is 2.46. The SMILES string of the molecule is CC1(c2ccc(F)c([N+](=O)[O-])c2)CO1. The van der Waals surface area contributed by atoms with E-state index < -0.39 is 22.0 Å². The molecule has 2 rings (SSSR count). The zero-order chi connectivity index (χ0) is 10.3. The quantitative estimate of drug-likeness (QED) is 0.413. The molecule has 1 fully saturated rings. The molecule has 0 aliphatic carbocycles. The third kappa shape index (κ3) is 1.35. The van der Waals surface area contributed by atoms with Gasteiger partial charge in [-0.05, 0) is 18.6 Å². The van der Waals surface area contributed by atoms with Crippen LogP contribution in [0.25, 0.3) is 0 Å². The van der Waals surface area contributed by atoms with Gasteiger partial charge in [-0.3, -0.25) is 10.1 Å². The Kier molecular flexibility index (Phi) is 1.78. The predicted molar refractivity (Wildman–Crippen MR) is 46.4 cm³/mol. The fourth-order valence-corrected chi connectivity index (χ4v) is 1.26. The zero-order valence-electron chi connectivity index (χ0n) is 7.49. The lowest BCUT2D eigenvalue weighted by molar-refractivity contribution is -0.387. The molecule has 1 aliphatic heterocycles. The van der Waals surface area contributed by atoms with E-state index in [4.69, 9.17) is 4.74 Å². The normalized spacial score (nSPS) is 24.7. The van der Waals surface area contributed by atoms with Gasteiger partial charge in [-0.2, -0.15) is 4.39 Å². The van der Waals surface area contributed by atoms with Gasteiger partial charge in [0, 0.05) is 6.07 Å². The van der Waals surface area contributed by atoms with E-state index in [1.165, 1.54) is 12.1 Å². The second-order valence-electron chi connectivity index (χ2n) is 3.44. The van der Waals surface area contributed by atoms with Crippen LogP contribution < -0.4 is 0 Å².